The lowest BCUT2D eigenvalue weighted by molar-refractivity contribution is -0.120. The van der Waals surface area contributed by atoms with Crippen LogP contribution in [0, 0.1) is 13.8 Å². The molecule has 0 aromatic heterocycles. The van der Waals surface area contributed by atoms with Crippen LogP contribution in [0.2, 0.25) is 5.02 Å². The maximum atomic E-state index is 12.8. The largest absolute Gasteiger partial charge is 0.507 e. The van der Waals surface area contributed by atoms with Crippen molar-refractivity contribution in [2.45, 2.75) is 32.1 Å². The van der Waals surface area contributed by atoms with Crippen molar-refractivity contribution < 1.29 is 18.3 Å². The van der Waals surface area contributed by atoms with Gasteiger partial charge in [0.05, 0.1) is 11.6 Å². The Morgan fingerprint density at radius 2 is 2.00 bits per heavy atom. The molecule has 0 aliphatic heterocycles. The second-order valence-corrected chi connectivity index (χ2v) is 7.27. The van der Waals surface area contributed by atoms with E-state index in [9.17, 15) is 18.3 Å². The van der Waals surface area contributed by atoms with E-state index in [4.69, 9.17) is 11.6 Å². The third-order valence-corrected chi connectivity index (χ3v) is 5.74. The van der Waals surface area contributed by atoms with E-state index in [0.29, 0.717) is 12.0 Å². The van der Waals surface area contributed by atoms with Crippen LogP contribution in [0.25, 0.3) is 0 Å². The Morgan fingerprint density at radius 1 is 1.41 bits per heavy atom. The molecular weight excluding hydrogens is 328 g/mol. The van der Waals surface area contributed by atoms with Gasteiger partial charge in [0.2, 0.25) is 15.9 Å². The molecule has 0 spiro atoms. The number of likely N-dealkylation sites (N-methyl/N-ethyl adjacent to an activating group) is 1. The molecule has 0 unspecified atom stereocenters. The van der Waals surface area contributed by atoms with Crippen LogP contribution in [0.1, 0.15) is 24.5 Å². The summed E-state index contributed by atoms with van der Waals surface area (Å²) in [4.78, 5) is 11.4. The van der Waals surface area contributed by atoms with Gasteiger partial charge in [-0.05, 0) is 31.9 Å². The standard InChI is InChI=1S/C14H21ClN2O4S/c1-5-6-17(8-12(18)16-4)22(20,21)14-10(3)13(19)9(2)7-11(14)15/h7,19H,5-6,8H2,1-4H3,(H,16,18). The summed E-state index contributed by atoms with van der Waals surface area (Å²) in [6, 6.07) is 1.40. The lowest BCUT2D eigenvalue weighted by atomic mass is 10.1. The Morgan fingerprint density at radius 3 is 2.50 bits per heavy atom. The number of carbonyl (C=O) groups excluding carboxylic acids is 1. The first-order chi connectivity index (χ1) is 10.2. The summed E-state index contributed by atoms with van der Waals surface area (Å²) >= 11 is 6.09. The number of aromatic hydroxyl groups is 1. The third-order valence-electron chi connectivity index (χ3n) is 3.30. The Kier molecular flexibility index (Phi) is 6.22. The van der Waals surface area contributed by atoms with Crippen molar-refractivity contribution >= 4 is 27.5 Å². The Labute approximate surface area is 136 Å². The summed E-state index contributed by atoms with van der Waals surface area (Å²) in [5, 5.41) is 12.4. The van der Waals surface area contributed by atoms with Crippen LogP contribution < -0.4 is 5.32 Å². The molecule has 1 amide bonds. The molecule has 0 bridgehead atoms. The number of phenols is 1. The lowest BCUT2D eigenvalue weighted by Gasteiger charge is -2.23. The number of carbonyl (C=O) groups is 1. The molecule has 8 heteroatoms. The van der Waals surface area contributed by atoms with Gasteiger partial charge in [-0.1, -0.05) is 18.5 Å². The van der Waals surface area contributed by atoms with Crippen molar-refractivity contribution in [1.29, 1.82) is 0 Å². The highest BCUT2D eigenvalue weighted by atomic mass is 35.5. The predicted octanol–water partition coefficient (Wildman–Crippen LogP) is 1.81. The summed E-state index contributed by atoms with van der Waals surface area (Å²) in [6.45, 7) is 4.83. The molecule has 1 aromatic rings. The number of halogens is 1. The number of benzene rings is 1. The topological polar surface area (TPSA) is 86.7 Å². The molecule has 0 aliphatic rings. The number of nitrogens with zero attached hydrogens (tertiary/aromatic N) is 1. The van der Waals surface area contributed by atoms with Crippen LogP contribution in [0.3, 0.4) is 0 Å². The summed E-state index contributed by atoms with van der Waals surface area (Å²) in [5.41, 5.74) is 0.679. The Balaban J connectivity index is 3.43. The maximum absolute atomic E-state index is 12.8. The van der Waals surface area contributed by atoms with E-state index >= 15 is 0 Å². The van der Waals surface area contributed by atoms with Crippen LogP contribution in [-0.2, 0) is 14.8 Å². The van der Waals surface area contributed by atoms with Gasteiger partial charge in [-0.2, -0.15) is 4.31 Å². The molecule has 6 nitrogen and oxygen atoms in total. The van der Waals surface area contributed by atoms with Crippen LogP contribution >= 0.6 is 11.6 Å². The average molecular weight is 349 g/mol. The Hall–Kier alpha value is -1.31. The van der Waals surface area contributed by atoms with Crippen LogP contribution in [0.5, 0.6) is 5.75 Å². The van der Waals surface area contributed by atoms with E-state index in [0.717, 1.165) is 4.31 Å². The first-order valence-electron chi connectivity index (χ1n) is 6.86. The molecule has 0 atom stereocenters. The monoisotopic (exact) mass is 348 g/mol. The molecular formula is C14H21ClN2O4S. The number of hydrogen-bond donors (Lipinski definition) is 2. The number of amides is 1. The van der Waals surface area contributed by atoms with E-state index in [-0.39, 0.29) is 34.3 Å². The molecule has 0 aliphatic carbocycles. The quantitative estimate of drug-likeness (QED) is 0.820. The molecule has 1 aromatic carbocycles. The molecule has 0 fully saturated rings. The zero-order valence-corrected chi connectivity index (χ0v) is 14.7. The van der Waals surface area contributed by atoms with Crippen molar-refractivity contribution in [3.8, 4) is 5.75 Å². The molecule has 0 heterocycles. The highest BCUT2D eigenvalue weighted by molar-refractivity contribution is 7.89. The van der Waals surface area contributed by atoms with Crippen molar-refractivity contribution in [1.82, 2.24) is 9.62 Å². The number of rotatable bonds is 6. The van der Waals surface area contributed by atoms with Crippen molar-refractivity contribution in [2.24, 2.45) is 0 Å². The normalized spacial score (nSPS) is 11.7. The van der Waals surface area contributed by atoms with Gasteiger partial charge >= 0.3 is 0 Å². The second-order valence-electron chi connectivity index (χ2n) is 4.99. The fourth-order valence-corrected chi connectivity index (χ4v) is 4.48. The second kappa shape index (κ2) is 7.30. The zero-order chi connectivity index (χ0) is 17.1. The summed E-state index contributed by atoms with van der Waals surface area (Å²) in [7, 11) is -2.55. The number of hydrogen-bond acceptors (Lipinski definition) is 4. The van der Waals surface area contributed by atoms with Crippen LogP contribution in [0.4, 0.5) is 0 Å². The number of nitrogens with one attached hydrogen (secondary N) is 1. The van der Waals surface area contributed by atoms with E-state index in [1.807, 2.05) is 6.92 Å². The molecule has 0 radical (unpaired) electrons. The number of aryl methyl sites for hydroxylation is 1. The van der Waals surface area contributed by atoms with Gasteiger partial charge in [-0.3, -0.25) is 4.79 Å². The molecule has 0 saturated heterocycles. The molecule has 0 saturated carbocycles. The molecule has 124 valence electrons. The van der Waals surface area contributed by atoms with E-state index in [2.05, 4.69) is 5.32 Å². The minimum atomic E-state index is -3.99. The third kappa shape index (κ3) is 3.71. The van der Waals surface area contributed by atoms with Gasteiger partial charge in [0.1, 0.15) is 10.6 Å². The van der Waals surface area contributed by atoms with Gasteiger partial charge in [-0.15, -0.1) is 0 Å². The number of sulfonamides is 1. The van der Waals surface area contributed by atoms with E-state index in [1.54, 1.807) is 6.92 Å². The van der Waals surface area contributed by atoms with Gasteiger partial charge in [-0.25, -0.2) is 8.42 Å². The van der Waals surface area contributed by atoms with E-state index < -0.39 is 15.9 Å². The first-order valence-corrected chi connectivity index (χ1v) is 8.68. The van der Waals surface area contributed by atoms with Crippen LogP contribution in [-0.4, -0.2) is 43.9 Å². The minimum absolute atomic E-state index is 0.0332. The summed E-state index contributed by atoms with van der Waals surface area (Å²) < 4.78 is 26.7. The highest BCUT2D eigenvalue weighted by Crippen LogP contribution is 2.35. The summed E-state index contributed by atoms with van der Waals surface area (Å²) in [5.74, 6) is -0.526. The molecule has 1 rings (SSSR count). The van der Waals surface area contributed by atoms with Crippen molar-refractivity contribution in [2.75, 3.05) is 20.1 Å². The maximum Gasteiger partial charge on any atom is 0.245 e. The zero-order valence-electron chi connectivity index (χ0n) is 13.1. The van der Waals surface area contributed by atoms with Crippen molar-refractivity contribution in [3.63, 3.8) is 0 Å². The minimum Gasteiger partial charge on any atom is -0.507 e. The highest BCUT2D eigenvalue weighted by Gasteiger charge is 2.31. The lowest BCUT2D eigenvalue weighted by Crippen LogP contribution is -2.40. The van der Waals surface area contributed by atoms with Gasteiger partial charge in [0.15, 0.2) is 0 Å². The smallest absolute Gasteiger partial charge is 0.245 e. The van der Waals surface area contributed by atoms with Crippen molar-refractivity contribution in [3.05, 3.63) is 22.2 Å². The average Bonchev–Trinajstić information content (AvgIpc) is 2.43. The van der Waals surface area contributed by atoms with Crippen LogP contribution in [0.15, 0.2) is 11.0 Å². The SMILES string of the molecule is CCCN(CC(=O)NC)S(=O)(=O)c1c(Cl)cc(C)c(O)c1C. The van der Waals surface area contributed by atoms with Gasteiger partial charge in [0.25, 0.3) is 0 Å². The fourth-order valence-electron chi connectivity index (χ4n) is 2.13. The van der Waals surface area contributed by atoms with E-state index in [1.165, 1.54) is 20.0 Å². The Bertz CT molecular complexity index is 674. The summed E-state index contributed by atoms with van der Waals surface area (Å²) in [6.07, 6.45) is 0.546. The van der Waals surface area contributed by atoms with Gasteiger partial charge in [0, 0.05) is 19.2 Å². The van der Waals surface area contributed by atoms with Gasteiger partial charge < -0.3 is 10.4 Å². The number of phenolic OH excluding ortho intramolecular Hbond substituents is 1. The molecule has 2 N–H and O–H groups in total. The molecule has 22 heavy (non-hydrogen) atoms. The predicted molar refractivity (Wildman–Crippen MR) is 85.7 cm³/mol. The fraction of sp³-hybridized carbons (Fsp3) is 0.500. The first kappa shape index (κ1) is 18.7.